The number of benzene rings is 1. The number of hydrogen-bond donors (Lipinski definition) is 1. The first-order valence-corrected chi connectivity index (χ1v) is 8.47. The molecule has 1 rings (SSSR count). The van der Waals surface area contributed by atoms with Crippen molar-refractivity contribution in [2.75, 3.05) is 6.54 Å². The van der Waals surface area contributed by atoms with Gasteiger partial charge in [0, 0.05) is 6.04 Å². The van der Waals surface area contributed by atoms with E-state index in [-0.39, 0.29) is 0 Å². The van der Waals surface area contributed by atoms with Gasteiger partial charge in [0.05, 0.1) is 0 Å². The van der Waals surface area contributed by atoms with Crippen LogP contribution in [-0.4, -0.2) is 6.54 Å². The molecule has 1 nitrogen and oxygen atoms in total. The Morgan fingerprint density at radius 2 is 1.75 bits per heavy atom. The molecule has 0 saturated heterocycles. The molecule has 0 aliphatic rings. The molecule has 0 heterocycles. The molecule has 0 aromatic heterocycles. The van der Waals surface area contributed by atoms with Gasteiger partial charge in [-0.1, -0.05) is 52.8 Å². The third kappa shape index (κ3) is 5.28. The van der Waals surface area contributed by atoms with Crippen LogP contribution in [0.3, 0.4) is 0 Å². The molecule has 0 amide bonds. The van der Waals surface area contributed by atoms with Gasteiger partial charge in [0.25, 0.3) is 0 Å². The number of nitrogens with one attached hydrogen (secondary N) is 1. The Morgan fingerprint density at radius 1 is 1.00 bits per heavy atom. The average Bonchev–Trinajstić information content (AvgIpc) is 2.46. The van der Waals surface area contributed by atoms with Gasteiger partial charge in [-0.3, -0.25) is 0 Å². The second-order valence-corrected chi connectivity index (χ2v) is 6.22. The minimum Gasteiger partial charge on any atom is -0.310 e. The van der Waals surface area contributed by atoms with Crippen molar-refractivity contribution in [3.63, 3.8) is 0 Å². The van der Waals surface area contributed by atoms with Crippen molar-refractivity contribution in [1.82, 2.24) is 5.32 Å². The molecule has 114 valence electrons. The molecule has 0 spiro atoms. The highest BCUT2D eigenvalue weighted by molar-refractivity contribution is 5.34. The summed E-state index contributed by atoms with van der Waals surface area (Å²) < 4.78 is 0. The first-order chi connectivity index (χ1) is 9.62. The smallest absolute Gasteiger partial charge is 0.0323 e. The van der Waals surface area contributed by atoms with Gasteiger partial charge in [-0.15, -0.1) is 0 Å². The van der Waals surface area contributed by atoms with Crippen molar-refractivity contribution in [3.05, 3.63) is 34.9 Å². The molecule has 0 saturated carbocycles. The van der Waals surface area contributed by atoms with Crippen LogP contribution in [0, 0.1) is 5.92 Å². The van der Waals surface area contributed by atoms with E-state index in [0.717, 1.165) is 25.3 Å². The SMILES string of the molecule is CCCNC(CCC(C)C)c1cc(CC)ccc1CC. The van der Waals surface area contributed by atoms with Crippen LogP contribution in [0.5, 0.6) is 0 Å². The highest BCUT2D eigenvalue weighted by Crippen LogP contribution is 2.26. The lowest BCUT2D eigenvalue weighted by Gasteiger charge is -2.23. The molecule has 1 aromatic rings. The molecule has 1 aromatic carbocycles. The molecule has 1 N–H and O–H groups in total. The molecule has 1 unspecified atom stereocenters. The van der Waals surface area contributed by atoms with Gasteiger partial charge < -0.3 is 5.32 Å². The lowest BCUT2D eigenvalue weighted by Crippen LogP contribution is -2.24. The molecule has 0 aliphatic heterocycles. The summed E-state index contributed by atoms with van der Waals surface area (Å²) in [6, 6.07) is 7.59. The van der Waals surface area contributed by atoms with Crippen LogP contribution in [0.2, 0.25) is 0 Å². The highest BCUT2D eigenvalue weighted by Gasteiger charge is 2.15. The standard InChI is InChI=1S/C19H33N/c1-6-13-20-19(12-9-15(4)5)18-14-16(7-2)10-11-17(18)8-3/h10-11,14-15,19-20H,6-9,12-13H2,1-5H3. The van der Waals surface area contributed by atoms with Crippen molar-refractivity contribution in [2.45, 2.75) is 72.8 Å². The zero-order valence-corrected chi connectivity index (χ0v) is 14.1. The van der Waals surface area contributed by atoms with Crippen LogP contribution >= 0.6 is 0 Å². The number of aryl methyl sites for hydroxylation is 2. The predicted molar refractivity (Wildman–Crippen MR) is 90.3 cm³/mol. The Morgan fingerprint density at radius 3 is 2.30 bits per heavy atom. The van der Waals surface area contributed by atoms with Gasteiger partial charge >= 0.3 is 0 Å². The summed E-state index contributed by atoms with van der Waals surface area (Å²) in [5.74, 6) is 0.778. The second-order valence-electron chi connectivity index (χ2n) is 6.22. The van der Waals surface area contributed by atoms with E-state index < -0.39 is 0 Å². The maximum Gasteiger partial charge on any atom is 0.0323 e. The van der Waals surface area contributed by atoms with E-state index in [1.165, 1.54) is 30.4 Å². The predicted octanol–water partition coefficient (Wildman–Crippen LogP) is 5.29. The lowest BCUT2D eigenvalue weighted by atomic mass is 9.91. The van der Waals surface area contributed by atoms with Crippen LogP contribution in [0.15, 0.2) is 18.2 Å². The van der Waals surface area contributed by atoms with Crippen molar-refractivity contribution in [1.29, 1.82) is 0 Å². The molecule has 20 heavy (non-hydrogen) atoms. The van der Waals surface area contributed by atoms with Crippen molar-refractivity contribution in [2.24, 2.45) is 5.92 Å². The van der Waals surface area contributed by atoms with Crippen LogP contribution in [-0.2, 0) is 12.8 Å². The van der Waals surface area contributed by atoms with E-state index in [2.05, 4.69) is 58.1 Å². The summed E-state index contributed by atoms with van der Waals surface area (Å²) in [5.41, 5.74) is 4.52. The maximum atomic E-state index is 3.77. The summed E-state index contributed by atoms with van der Waals surface area (Å²) in [5, 5.41) is 3.77. The van der Waals surface area contributed by atoms with Gasteiger partial charge in [0.2, 0.25) is 0 Å². The van der Waals surface area contributed by atoms with Gasteiger partial charge in [0.15, 0.2) is 0 Å². The molecule has 1 atom stereocenters. The quantitative estimate of drug-likeness (QED) is 0.646. The molecule has 0 bridgehead atoms. The van der Waals surface area contributed by atoms with Crippen LogP contribution in [0.1, 0.15) is 76.6 Å². The van der Waals surface area contributed by atoms with E-state index in [4.69, 9.17) is 0 Å². The van der Waals surface area contributed by atoms with E-state index >= 15 is 0 Å². The molecule has 1 heteroatoms. The van der Waals surface area contributed by atoms with Crippen LogP contribution < -0.4 is 5.32 Å². The minimum absolute atomic E-state index is 0.527. The van der Waals surface area contributed by atoms with Gasteiger partial charge in [-0.2, -0.15) is 0 Å². The Bertz CT molecular complexity index is 381. The van der Waals surface area contributed by atoms with E-state index in [0.29, 0.717) is 6.04 Å². The van der Waals surface area contributed by atoms with E-state index in [9.17, 15) is 0 Å². The summed E-state index contributed by atoms with van der Waals surface area (Å²) in [6.07, 6.45) is 6.00. The Kier molecular flexibility index (Phi) is 7.91. The first kappa shape index (κ1) is 17.2. The molecule has 0 radical (unpaired) electrons. The van der Waals surface area contributed by atoms with Crippen LogP contribution in [0.4, 0.5) is 0 Å². The molecule has 0 aliphatic carbocycles. The van der Waals surface area contributed by atoms with Gasteiger partial charge in [-0.05, 0) is 61.3 Å². The second kappa shape index (κ2) is 9.18. The number of hydrogen-bond acceptors (Lipinski definition) is 1. The zero-order valence-electron chi connectivity index (χ0n) is 14.1. The maximum absolute atomic E-state index is 3.77. The van der Waals surface area contributed by atoms with Crippen LogP contribution in [0.25, 0.3) is 0 Å². The van der Waals surface area contributed by atoms with Crippen molar-refractivity contribution in [3.8, 4) is 0 Å². The first-order valence-electron chi connectivity index (χ1n) is 8.47. The Hall–Kier alpha value is -0.820. The monoisotopic (exact) mass is 275 g/mol. The van der Waals surface area contributed by atoms with Crippen molar-refractivity contribution >= 4 is 0 Å². The lowest BCUT2D eigenvalue weighted by molar-refractivity contribution is 0.438. The fourth-order valence-electron chi connectivity index (χ4n) is 2.70. The van der Waals surface area contributed by atoms with Crippen molar-refractivity contribution < 1.29 is 0 Å². The number of rotatable bonds is 9. The Balaban J connectivity index is 2.96. The topological polar surface area (TPSA) is 12.0 Å². The third-order valence-corrected chi connectivity index (χ3v) is 4.05. The fraction of sp³-hybridized carbons (Fsp3) is 0.684. The summed E-state index contributed by atoms with van der Waals surface area (Å²) in [7, 11) is 0. The fourth-order valence-corrected chi connectivity index (χ4v) is 2.70. The molecule has 0 fully saturated rings. The Labute approximate surface area is 126 Å². The summed E-state index contributed by atoms with van der Waals surface area (Å²) in [4.78, 5) is 0. The third-order valence-electron chi connectivity index (χ3n) is 4.05. The molecular formula is C19H33N. The summed E-state index contributed by atoms with van der Waals surface area (Å²) >= 11 is 0. The van der Waals surface area contributed by atoms with Gasteiger partial charge in [0.1, 0.15) is 0 Å². The highest BCUT2D eigenvalue weighted by atomic mass is 14.9. The average molecular weight is 275 g/mol. The van der Waals surface area contributed by atoms with Gasteiger partial charge in [-0.25, -0.2) is 0 Å². The van der Waals surface area contributed by atoms with E-state index in [1.807, 2.05) is 0 Å². The normalized spacial score (nSPS) is 12.9. The minimum atomic E-state index is 0.527. The van der Waals surface area contributed by atoms with E-state index in [1.54, 1.807) is 5.56 Å². The largest absolute Gasteiger partial charge is 0.310 e. The zero-order chi connectivity index (χ0) is 15.0. The molecular weight excluding hydrogens is 242 g/mol. The summed E-state index contributed by atoms with van der Waals surface area (Å²) in [6.45, 7) is 12.5.